The predicted octanol–water partition coefficient (Wildman–Crippen LogP) is 1.92. The number of rotatable bonds is 3. The van der Waals surface area contributed by atoms with E-state index in [9.17, 15) is 9.18 Å². The van der Waals surface area contributed by atoms with Crippen molar-refractivity contribution in [2.75, 3.05) is 32.1 Å². The summed E-state index contributed by atoms with van der Waals surface area (Å²) in [5.74, 6) is 0.542. The van der Waals surface area contributed by atoms with Gasteiger partial charge in [-0.25, -0.2) is 4.39 Å². The zero-order valence-corrected chi connectivity index (χ0v) is 14.2. The van der Waals surface area contributed by atoms with E-state index in [0.717, 1.165) is 12.1 Å². The summed E-state index contributed by atoms with van der Waals surface area (Å²) in [7, 11) is 4.07. The summed E-state index contributed by atoms with van der Waals surface area (Å²) < 4.78 is 13.3. The van der Waals surface area contributed by atoms with Gasteiger partial charge >= 0.3 is 0 Å². The minimum absolute atomic E-state index is 0.145. The number of nitrogens with zero attached hydrogens (tertiary/aromatic N) is 3. The molecule has 3 heterocycles. The predicted molar refractivity (Wildman–Crippen MR) is 95.5 cm³/mol. The molecule has 0 unspecified atom stereocenters. The van der Waals surface area contributed by atoms with E-state index < -0.39 is 0 Å². The number of hydrogen-bond acceptors (Lipinski definition) is 4. The summed E-state index contributed by atoms with van der Waals surface area (Å²) in [6, 6.07) is 8.63. The van der Waals surface area contributed by atoms with E-state index in [2.05, 4.69) is 24.8 Å². The van der Waals surface area contributed by atoms with Gasteiger partial charge in [0.05, 0.1) is 5.39 Å². The highest BCUT2D eigenvalue weighted by Gasteiger charge is 2.36. The quantitative estimate of drug-likeness (QED) is 0.764. The average Bonchev–Trinajstić information content (AvgIpc) is 3.22. The maximum atomic E-state index is 13.3. The number of fused-ring (bicyclic) bond motifs is 1. The SMILES string of the molecule is CN(C)[C@H]1CN(c2nc3[nH]ccc3c(=O)[nH]2)C[C@@H]1c1ccc(F)cc1. The molecular formula is C18H20FN5O. The minimum atomic E-state index is -0.233. The van der Waals surface area contributed by atoms with Crippen LogP contribution >= 0.6 is 0 Å². The summed E-state index contributed by atoms with van der Waals surface area (Å²) in [4.78, 5) is 26.9. The maximum absolute atomic E-state index is 13.3. The van der Waals surface area contributed by atoms with Crippen LogP contribution in [0.25, 0.3) is 11.0 Å². The van der Waals surface area contributed by atoms with Crippen molar-refractivity contribution >= 4 is 17.0 Å². The zero-order chi connectivity index (χ0) is 17.6. The van der Waals surface area contributed by atoms with Gasteiger partial charge in [0.2, 0.25) is 5.95 Å². The van der Waals surface area contributed by atoms with Crippen LogP contribution in [0.5, 0.6) is 0 Å². The van der Waals surface area contributed by atoms with E-state index in [0.29, 0.717) is 23.5 Å². The number of H-pyrrole nitrogens is 2. The second-order valence-corrected chi connectivity index (χ2v) is 6.72. The third-order valence-corrected chi connectivity index (χ3v) is 4.96. The van der Waals surface area contributed by atoms with Gasteiger partial charge in [-0.15, -0.1) is 0 Å². The number of hydrogen-bond donors (Lipinski definition) is 2. The van der Waals surface area contributed by atoms with Crippen LogP contribution in [0.3, 0.4) is 0 Å². The summed E-state index contributed by atoms with van der Waals surface area (Å²) in [5, 5.41) is 0.558. The van der Waals surface area contributed by atoms with E-state index >= 15 is 0 Å². The Morgan fingerprint density at radius 1 is 1.20 bits per heavy atom. The van der Waals surface area contributed by atoms with Crippen molar-refractivity contribution < 1.29 is 4.39 Å². The molecule has 1 fully saturated rings. The summed E-state index contributed by atoms with van der Waals surface area (Å²) in [5.41, 5.74) is 1.53. The van der Waals surface area contributed by atoms with Crippen LogP contribution in [-0.2, 0) is 0 Å². The normalized spacial score (nSPS) is 20.7. The molecule has 1 saturated heterocycles. The number of aromatic amines is 2. The highest BCUT2D eigenvalue weighted by molar-refractivity contribution is 5.75. The van der Waals surface area contributed by atoms with E-state index in [1.807, 2.05) is 26.2 Å². The molecule has 130 valence electrons. The van der Waals surface area contributed by atoms with Crippen LogP contribution in [0.15, 0.2) is 41.3 Å². The molecule has 0 bridgehead atoms. The second kappa shape index (κ2) is 6.00. The lowest BCUT2D eigenvalue weighted by atomic mass is 9.94. The smallest absolute Gasteiger partial charge is 0.261 e. The molecular weight excluding hydrogens is 321 g/mol. The number of aromatic nitrogens is 3. The molecule has 2 N–H and O–H groups in total. The summed E-state index contributed by atoms with van der Waals surface area (Å²) in [6.45, 7) is 1.45. The van der Waals surface area contributed by atoms with Gasteiger partial charge in [0.25, 0.3) is 5.56 Å². The first-order valence-corrected chi connectivity index (χ1v) is 8.27. The van der Waals surface area contributed by atoms with Crippen molar-refractivity contribution in [3.05, 3.63) is 58.3 Å². The standard InChI is InChI=1S/C18H20FN5O/c1-23(2)15-10-24(9-14(15)11-3-5-12(19)6-4-11)18-21-16-13(7-8-20-16)17(25)22-18/h3-8,14-15H,9-10H2,1-2H3,(H2,20,21,22,25)/t14-,15+/m1/s1. The Morgan fingerprint density at radius 2 is 1.96 bits per heavy atom. The lowest BCUT2D eigenvalue weighted by Crippen LogP contribution is -2.35. The monoisotopic (exact) mass is 341 g/mol. The molecule has 1 aliphatic heterocycles. The van der Waals surface area contributed by atoms with Gasteiger partial charge in [0.1, 0.15) is 11.5 Å². The highest BCUT2D eigenvalue weighted by Crippen LogP contribution is 2.32. The fourth-order valence-corrected chi connectivity index (χ4v) is 3.61. The Balaban J connectivity index is 1.69. The van der Waals surface area contributed by atoms with Crippen molar-refractivity contribution in [3.8, 4) is 0 Å². The third kappa shape index (κ3) is 2.80. The topological polar surface area (TPSA) is 68.0 Å². The number of benzene rings is 1. The fraction of sp³-hybridized carbons (Fsp3) is 0.333. The molecule has 1 aromatic carbocycles. The summed E-state index contributed by atoms with van der Waals surface area (Å²) >= 11 is 0. The van der Waals surface area contributed by atoms with E-state index in [-0.39, 0.29) is 23.3 Å². The van der Waals surface area contributed by atoms with Gasteiger partial charge in [0, 0.05) is 31.2 Å². The number of likely N-dealkylation sites (N-methyl/N-ethyl adjacent to an activating group) is 1. The Hall–Kier alpha value is -2.67. The lowest BCUT2D eigenvalue weighted by Gasteiger charge is -2.25. The van der Waals surface area contributed by atoms with Gasteiger partial charge in [-0.1, -0.05) is 12.1 Å². The molecule has 0 saturated carbocycles. The van der Waals surface area contributed by atoms with Crippen molar-refractivity contribution in [1.29, 1.82) is 0 Å². The van der Waals surface area contributed by atoms with Gasteiger partial charge < -0.3 is 14.8 Å². The molecule has 6 nitrogen and oxygen atoms in total. The molecule has 2 atom stereocenters. The first-order chi connectivity index (χ1) is 12.0. The summed E-state index contributed by atoms with van der Waals surface area (Å²) in [6.07, 6.45) is 1.71. The molecule has 25 heavy (non-hydrogen) atoms. The van der Waals surface area contributed by atoms with Crippen LogP contribution in [0.1, 0.15) is 11.5 Å². The Kier molecular flexibility index (Phi) is 3.80. The maximum Gasteiger partial charge on any atom is 0.261 e. The molecule has 0 amide bonds. The van der Waals surface area contributed by atoms with Crippen molar-refractivity contribution in [3.63, 3.8) is 0 Å². The molecule has 2 aromatic heterocycles. The van der Waals surface area contributed by atoms with Gasteiger partial charge in [-0.05, 0) is 37.9 Å². The molecule has 7 heteroatoms. The number of halogens is 1. The van der Waals surface area contributed by atoms with Crippen LogP contribution < -0.4 is 10.5 Å². The van der Waals surface area contributed by atoms with Gasteiger partial charge in [0.15, 0.2) is 0 Å². The second-order valence-electron chi connectivity index (χ2n) is 6.72. The molecule has 0 spiro atoms. The van der Waals surface area contributed by atoms with E-state index in [1.54, 1.807) is 12.3 Å². The Bertz CT molecular complexity index is 946. The van der Waals surface area contributed by atoms with Crippen molar-refractivity contribution in [1.82, 2.24) is 19.9 Å². The van der Waals surface area contributed by atoms with Crippen molar-refractivity contribution in [2.24, 2.45) is 0 Å². The van der Waals surface area contributed by atoms with Crippen molar-refractivity contribution in [2.45, 2.75) is 12.0 Å². The Labute approximate surface area is 144 Å². The van der Waals surface area contributed by atoms with Crippen LogP contribution in [0, 0.1) is 5.82 Å². The van der Waals surface area contributed by atoms with Crippen LogP contribution in [0.4, 0.5) is 10.3 Å². The van der Waals surface area contributed by atoms with Crippen LogP contribution in [-0.4, -0.2) is 53.1 Å². The largest absolute Gasteiger partial charge is 0.346 e. The zero-order valence-electron chi connectivity index (χ0n) is 14.2. The molecule has 1 aliphatic rings. The first-order valence-electron chi connectivity index (χ1n) is 8.27. The third-order valence-electron chi connectivity index (χ3n) is 4.96. The molecule has 0 aliphatic carbocycles. The van der Waals surface area contributed by atoms with E-state index in [4.69, 9.17) is 0 Å². The number of nitrogens with one attached hydrogen (secondary N) is 2. The molecule has 0 radical (unpaired) electrons. The van der Waals surface area contributed by atoms with Gasteiger partial charge in [-0.2, -0.15) is 4.98 Å². The van der Waals surface area contributed by atoms with E-state index in [1.165, 1.54) is 12.1 Å². The van der Waals surface area contributed by atoms with Crippen LogP contribution in [0.2, 0.25) is 0 Å². The average molecular weight is 341 g/mol. The first kappa shape index (κ1) is 15.8. The molecule has 3 aromatic rings. The molecule has 4 rings (SSSR count). The van der Waals surface area contributed by atoms with Gasteiger partial charge in [-0.3, -0.25) is 9.78 Å². The number of anilines is 1. The fourth-order valence-electron chi connectivity index (χ4n) is 3.61. The lowest BCUT2D eigenvalue weighted by molar-refractivity contribution is 0.292. The highest BCUT2D eigenvalue weighted by atomic mass is 19.1. The minimum Gasteiger partial charge on any atom is -0.346 e. The Morgan fingerprint density at radius 3 is 2.68 bits per heavy atom.